The lowest BCUT2D eigenvalue weighted by Gasteiger charge is -2.32. The number of nitrogens with one attached hydrogen (secondary N) is 2. The second-order valence-corrected chi connectivity index (χ2v) is 6.13. The molecule has 1 aromatic rings. The number of piperidine rings is 1. The number of amides is 1. The predicted molar refractivity (Wildman–Crippen MR) is 78.4 cm³/mol. The molecule has 1 aromatic heterocycles. The van der Waals surface area contributed by atoms with E-state index < -0.39 is 0 Å². The number of H-pyrrole nitrogens is 1. The quantitative estimate of drug-likeness (QED) is 0.893. The van der Waals surface area contributed by atoms with Gasteiger partial charge in [0.05, 0.1) is 10.2 Å². The molecule has 1 fully saturated rings. The third-order valence-corrected chi connectivity index (χ3v) is 4.43. The van der Waals surface area contributed by atoms with Crippen molar-refractivity contribution in [2.45, 2.75) is 38.6 Å². The number of rotatable bonds is 3. The Labute approximate surface area is 122 Å². The van der Waals surface area contributed by atoms with Crippen molar-refractivity contribution in [2.24, 2.45) is 0 Å². The van der Waals surface area contributed by atoms with Crippen LogP contribution in [0.25, 0.3) is 0 Å². The fourth-order valence-electron chi connectivity index (χ4n) is 2.41. The van der Waals surface area contributed by atoms with Crippen LogP contribution in [0.4, 0.5) is 0 Å². The summed E-state index contributed by atoms with van der Waals surface area (Å²) >= 11 is 3.49. The molecule has 1 aliphatic rings. The van der Waals surface area contributed by atoms with E-state index in [2.05, 4.69) is 45.3 Å². The van der Waals surface area contributed by atoms with Gasteiger partial charge in [-0.05, 0) is 41.7 Å². The molecule has 106 valence electrons. The Morgan fingerprint density at radius 3 is 2.89 bits per heavy atom. The van der Waals surface area contributed by atoms with Gasteiger partial charge in [-0.3, -0.25) is 9.89 Å². The molecule has 2 rings (SSSR count). The summed E-state index contributed by atoms with van der Waals surface area (Å²) in [6, 6.07) is 0.389. The molecule has 1 saturated heterocycles. The average molecular weight is 329 g/mol. The lowest BCUT2D eigenvalue weighted by molar-refractivity contribution is 0.0691. The number of halogens is 1. The Bertz CT molecular complexity index is 457. The van der Waals surface area contributed by atoms with Gasteiger partial charge in [-0.25, -0.2) is 0 Å². The third kappa shape index (κ3) is 3.00. The number of nitrogens with zero attached hydrogens (tertiary/aromatic N) is 2. The summed E-state index contributed by atoms with van der Waals surface area (Å²) in [7, 11) is 1.94. The Morgan fingerprint density at radius 1 is 1.58 bits per heavy atom. The highest BCUT2D eigenvalue weighted by atomic mass is 79.9. The number of aromatic nitrogens is 2. The van der Waals surface area contributed by atoms with E-state index in [9.17, 15) is 4.79 Å². The van der Waals surface area contributed by atoms with Crippen molar-refractivity contribution >= 4 is 21.8 Å². The first-order chi connectivity index (χ1) is 9.04. The van der Waals surface area contributed by atoms with Gasteiger partial charge in [0.15, 0.2) is 5.69 Å². The summed E-state index contributed by atoms with van der Waals surface area (Å²) in [6.45, 7) is 5.72. The van der Waals surface area contributed by atoms with E-state index in [1.54, 1.807) is 0 Å². The molecule has 1 amide bonds. The number of likely N-dealkylation sites (tertiary alicyclic amines) is 1. The van der Waals surface area contributed by atoms with Crippen LogP contribution in [0, 0.1) is 0 Å². The van der Waals surface area contributed by atoms with Crippen molar-refractivity contribution in [3.63, 3.8) is 0 Å². The van der Waals surface area contributed by atoms with Crippen molar-refractivity contribution in [2.75, 3.05) is 20.1 Å². The van der Waals surface area contributed by atoms with Gasteiger partial charge in [0.25, 0.3) is 5.91 Å². The first-order valence-corrected chi connectivity index (χ1v) is 7.54. The summed E-state index contributed by atoms with van der Waals surface area (Å²) < 4.78 is 0.805. The molecule has 19 heavy (non-hydrogen) atoms. The highest BCUT2D eigenvalue weighted by Gasteiger charge is 2.27. The zero-order chi connectivity index (χ0) is 14.0. The third-order valence-electron chi connectivity index (χ3n) is 3.63. The summed E-state index contributed by atoms with van der Waals surface area (Å²) in [6.07, 6.45) is 2.16. The Kier molecular flexibility index (Phi) is 4.62. The number of hydrogen-bond acceptors (Lipinski definition) is 3. The minimum Gasteiger partial charge on any atom is -0.336 e. The molecule has 0 radical (unpaired) electrons. The number of aromatic amines is 1. The van der Waals surface area contributed by atoms with Crippen LogP contribution in [0.5, 0.6) is 0 Å². The molecule has 2 heterocycles. The van der Waals surface area contributed by atoms with Gasteiger partial charge >= 0.3 is 0 Å². The monoisotopic (exact) mass is 328 g/mol. The molecular weight excluding hydrogens is 308 g/mol. The van der Waals surface area contributed by atoms with Gasteiger partial charge in [0, 0.05) is 19.1 Å². The molecular formula is C13H21BrN4O. The smallest absolute Gasteiger partial charge is 0.275 e. The lowest BCUT2D eigenvalue weighted by Crippen LogP contribution is -2.47. The lowest BCUT2D eigenvalue weighted by atomic mass is 10.1. The Balaban J connectivity index is 2.15. The van der Waals surface area contributed by atoms with Crippen LogP contribution in [-0.2, 0) is 0 Å². The van der Waals surface area contributed by atoms with Gasteiger partial charge in [-0.2, -0.15) is 5.10 Å². The van der Waals surface area contributed by atoms with E-state index in [4.69, 9.17) is 0 Å². The van der Waals surface area contributed by atoms with E-state index in [1.807, 2.05) is 11.9 Å². The van der Waals surface area contributed by atoms with Crippen molar-refractivity contribution in [1.29, 1.82) is 0 Å². The van der Waals surface area contributed by atoms with Crippen molar-refractivity contribution in [1.82, 2.24) is 20.4 Å². The molecule has 0 bridgehead atoms. The first kappa shape index (κ1) is 14.5. The largest absolute Gasteiger partial charge is 0.336 e. The summed E-state index contributed by atoms with van der Waals surface area (Å²) in [4.78, 5) is 14.4. The zero-order valence-corrected chi connectivity index (χ0v) is 13.2. The molecule has 0 unspecified atom stereocenters. The fraction of sp³-hybridized carbons (Fsp3) is 0.692. The minimum absolute atomic E-state index is 0.00924. The Morgan fingerprint density at radius 2 is 2.32 bits per heavy atom. The molecule has 0 aliphatic carbocycles. The SMILES string of the molecule is CN[C@H]1CCCN(C(=O)c2n[nH]c(C(C)C)c2Br)C1. The van der Waals surface area contributed by atoms with Gasteiger partial charge < -0.3 is 10.2 Å². The second kappa shape index (κ2) is 6.05. The maximum absolute atomic E-state index is 12.5. The van der Waals surface area contributed by atoms with Crippen LogP contribution < -0.4 is 5.32 Å². The molecule has 2 N–H and O–H groups in total. The average Bonchev–Trinajstić information content (AvgIpc) is 2.80. The molecule has 0 saturated carbocycles. The van der Waals surface area contributed by atoms with Crippen LogP contribution in [0.15, 0.2) is 4.47 Å². The zero-order valence-electron chi connectivity index (χ0n) is 11.7. The van der Waals surface area contributed by atoms with Crippen molar-refractivity contribution in [3.05, 3.63) is 15.9 Å². The summed E-state index contributed by atoms with van der Waals surface area (Å²) in [5.74, 6) is 0.324. The molecule has 0 spiro atoms. The van der Waals surface area contributed by atoms with E-state index in [1.165, 1.54) is 0 Å². The standard InChI is InChI=1S/C13H21BrN4O/c1-8(2)11-10(14)12(17-16-11)13(19)18-6-4-5-9(7-18)15-3/h8-9,15H,4-7H2,1-3H3,(H,16,17)/t9-/m0/s1. The highest BCUT2D eigenvalue weighted by molar-refractivity contribution is 9.10. The summed E-state index contributed by atoms with van der Waals surface area (Å²) in [5, 5.41) is 10.4. The van der Waals surface area contributed by atoms with Gasteiger partial charge in [-0.15, -0.1) is 0 Å². The predicted octanol–water partition coefficient (Wildman–Crippen LogP) is 2.12. The van der Waals surface area contributed by atoms with Crippen molar-refractivity contribution in [3.8, 4) is 0 Å². The Hall–Kier alpha value is -0.880. The molecule has 1 atom stereocenters. The van der Waals surface area contributed by atoms with E-state index >= 15 is 0 Å². The maximum atomic E-state index is 12.5. The molecule has 6 heteroatoms. The van der Waals surface area contributed by atoms with Crippen LogP contribution in [-0.4, -0.2) is 47.2 Å². The summed E-state index contributed by atoms with van der Waals surface area (Å²) in [5.41, 5.74) is 1.48. The second-order valence-electron chi connectivity index (χ2n) is 5.33. The van der Waals surface area contributed by atoms with Crippen LogP contribution in [0.2, 0.25) is 0 Å². The maximum Gasteiger partial charge on any atom is 0.275 e. The number of carbonyl (C=O) groups is 1. The first-order valence-electron chi connectivity index (χ1n) is 6.74. The van der Waals surface area contributed by atoms with E-state index in [0.29, 0.717) is 17.7 Å². The number of carbonyl (C=O) groups excluding carboxylic acids is 1. The topological polar surface area (TPSA) is 61.0 Å². The normalized spacial score (nSPS) is 20.1. The van der Waals surface area contributed by atoms with Crippen LogP contribution >= 0.6 is 15.9 Å². The minimum atomic E-state index is 0.00924. The van der Waals surface area contributed by atoms with E-state index in [0.717, 1.165) is 36.1 Å². The van der Waals surface area contributed by atoms with Gasteiger partial charge in [0.2, 0.25) is 0 Å². The van der Waals surface area contributed by atoms with Crippen LogP contribution in [0.1, 0.15) is 48.8 Å². The fourth-order valence-corrected chi connectivity index (χ4v) is 3.22. The number of hydrogen-bond donors (Lipinski definition) is 2. The van der Waals surface area contributed by atoms with Crippen LogP contribution in [0.3, 0.4) is 0 Å². The molecule has 0 aromatic carbocycles. The van der Waals surface area contributed by atoms with Crippen molar-refractivity contribution < 1.29 is 4.79 Å². The molecule has 1 aliphatic heterocycles. The highest BCUT2D eigenvalue weighted by Crippen LogP contribution is 2.27. The van der Waals surface area contributed by atoms with E-state index in [-0.39, 0.29) is 5.91 Å². The molecule has 5 nitrogen and oxygen atoms in total. The number of likely N-dealkylation sites (N-methyl/N-ethyl adjacent to an activating group) is 1. The van der Waals surface area contributed by atoms with Gasteiger partial charge in [-0.1, -0.05) is 13.8 Å². The van der Waals surface area contributed by atoms with Gasteiger partial charge in [0.1, 0.15) is 0 Å².